The Bertz CT molecular complexity index is 341. The highest BCUT2D eigenvalue weighted by atomic mass is 19.4. The van der Waals surface area contributed by atoms with Crippen molar-refractivity contribution in [2.75, 3.05) is 0 Å². The molecule has 0 aliphatic rings. The fraction of sp³-hybridized carbons (Fsp3) is 0.364. The topological polar surface area (TPSA) is 12.4 Å². The van der Waals surface area contributed by atoms with Gasteiger partial charge in [-0.2, -0.15) is 13.2 Å². The molecule has 1 aromatic carbocycles. The molecule has 0 saturated carbocycles. The molecule has 0 bridgehead atoms. The zero-order chi connectivity index (χ0) is 11.5. The van der Waals surface area contributed by atoms with Gasteiger partial charge in [0.25, 0.3) is 0 Å². The summed E-state index contributed by atoms with van der Waals surface area (Å²) >= 11 is 0. The van der Waals surface area contributed by atoms with Crippen LogP contribution < -0.4 is 0 Å². The number of nitrogens with zero attached hydrogens (tertiary/aromatic N) is 1. The summed E-state index contributed by atoms with van der Waals surface area (Å²) in [6.45, 7) is 2.63. The van der Waals surface area contributed by atoms with E-state index in [2.05, 4.69) is 4.99 Å². The summed E-state index contributed by atoms with van der Waals surface area (Å²) in [5, 5.41) is 0. The van der Waals surface area contributed by atoms with Gasteiger partial charge in [0.05, 0.1) is 6.04 Å². The molecule has 0 radical (unpaired) electrons. The normalized spacial score (nSPS) is 15.1. The van der Waals surface area contributed by atoms with E-state index in [9.17, 15) is 13.2 Å². The van der Waals surface area contributed by atoms with Crippen LogP contribution in [0.4, 0.5) is 13.2 Å². The van der Waals surface area contributed by atoms with E-state index in [1.54, 1.807) is 31.2 Å². The third-order valence-electron chi connectivity index (χ3n) is 2.08. The van der Waals surface area contributed by atoms with Crippen molar-refractivity contribution in [2.45, 2.75) is 26.1 Å². The molecule has 0 saturated heterocycles. The molecule has 0 aromatic heterocycles. The Morgan fingerprint density at radius 1 is 1.20 bits per heavy atom. The van der Waals surface area contributed by atoms with Gasteiger partial charge in [-0.1, -0.05) is 30.3 Å². The summed E-state index contributed by atoms with van der Waals surface area (Å²) < 4.78 is 36.6. The molecular formula is C11H12F3N. The van der Waals surface area contributed by atoms with Crippen LogP contribution in [0.15, 0.2) is 35.3 Å². The third kappa shape index (κ3) is 3.38. The zero-order valence-electron chi connectivity index (χ0n) is 8.55. The van der Waals surface area contributed by atoms with Gasteiger partial charge in [0.15, 0.2) is 0 Å². The van der Waals surface area contributed by atoms with Crippen molar-refractivity contribution in [2.24, 2.45) is 4.99 Å². The molecule has 0 unspecified atom stereocenters. The largest absolute Gasteiger partial charge is 0.428 e. The molecule has 0 N–H and O–H groups in total. The first-order valence-electron chi connectivity index (χ1n) is 4.58. The molecule has 4 heteroatoms. The summed E-state index contributed by atoms with van der Waals surface area (Å²) in [4.78, 5) is 3.61. The Morgan fingerprint density at radius 2 is 1.73 bits per heavy atom. The van der Waals surface area contributed by atoms with Crippen molar-refractivity contribution in [3.63, 3.8) is 0 Å². The molecule has 1 atom stereocenters. The molecule has 0 heterocycles. The van der Waals surface area contributed by atoms with E-state index in [1.807, 2.05) is 6.07 Å². The average molecular weight is 215 g/mol. The van der Waals surface area contributed by atoms with Crippen LogP contribution in [-0.4, -0.2) is 11.9 Å². The fourth-order valence-electron chi connectivity index (χ4n) is 1.17. The monoisotopic (exact) mass is 215 g/mol. The molecular weight excluding hydrogens is 203 g/mol. The quantitative estimate of drug-likeness (QED) is 0.666. The maximum atomic E-state index is 12.2. The van der Waals surface area contributed by atoms with E-state index >= 15 is 0 Å². The number of benzene rings is 1. The molecule has 0 fully saturated rings. The Labute approximate surface area is 86.6 Å². The standard InChI is InChI=1S/C11H12F3N/c1-8(10-6-4-3-5-7-10)15-9(2)11(12,13)14/h3-8H,1-2H3/b15-9-/t8-/m0/s1. The summed E-state index contributed by atoms with van der Waals surface area (Å²) in [6, 6.07) is 8.44. The van der Waals surface area contributed by atoms with Crippen LogP contribution in [0.1, 0.15) is 25.5 Å². The molecule has 0 aliphatic carbocycles. The maximum absolute atomic E-state index is 12.2. The first kappa shape index (κ1) is 11.8. The van der Waals surface area contributed by atoms with E-state index in [0.29, 0.717) is 0 Å². The van der Waals surface area contributed by atoms with Crippen molar-refractivity contribution in [3.05, 3.63) is 35.9 Å². The Hall–Kier alpha value is -1.32. The lowest BCUT2D eigenvalue weighted by atomic mass is 10.1. The Morgan fingerprint density at radius 3 is 2.20 bits per heavy atom. The second-order valence-electron chi connectivity index (χ2n) is 3.30. The third-order valence-corrected chi connectivity index (χ3v) is 2.08. The van der Waals surface area contributed by atoms with E-state index in [0.717, 1.165) is 12.5 Å². The van der Waals surface area contributed by atoms with E-state index in [-0.39, 0.29) is 0 Å². The van der Waals surface area contributed by atoms with Gasteiger partial charge >= 0.3 is 6.18 Å². The van der Waals surface area contributed by atoms with Gasteiger partial charge in [-0.05, 0) is 19.4 Å². The van der Waals surface area contributed by atoms with Crippen molar-refractivity contribution in [1.82, 2.24) is 0 Å². The van der Waals surface area contributed by atoms with Crippen LogP contribution in [0.25, 0.3) is 0 Å². The van der Waals surface area contributed by atoms with Gasteiger partial charge in [-0.3, -0.25) is 4.99 Å². The minimum Gasteiger partial charge on any atom is -0.277 e. The van der Waals surface area contributed by atoms with Crippen molar-refractivity contribution >= 4 is 5.71 Å². The number of aliphatic imine (C=N–C) groups is 1. The molecule has 1 nitrogen and oxygen atoms in total. The SMILES string of the molecule is C/C(=N/[C@@H](C)c1ccccc1)C(F)(F)F. The Kier molecular flexibility index (Phi) is 3.50. The minimum absolute atomic E-state index is 0.465. The van der Waals surface area contributed by atoms with Crippen molar-refractivity contribution in [3.8, 4) is 0 Å². The molecule has 0 amide bonds. The number of hydrogen-bond acceptors (Lipinski definition) is 1. The lowest BCUT2D eigenvalue weighted by Gasteiger charge is -2.10. The van der Waals surface area contributed by atoms with Crippen LogP contribution in [-0.2, 0) is 0 Å². The number of hydrogen-bond donors (Lipinski definition) is 0. The predicted octanol–water partition coefficient (Wildman–Crippen LogP) is 3.77. The van der Waals surface area contributed by atoms with Gasteiger partial charge in [0.2, 0.25) is 0 Å². The Balaban J connectivity index is 2.84. The minimum atomic E-state index is -4.33. The van der Waals surface area contributed by atoms with Crippen molar-refractivity contribution in [1.29, 1.82) is 0 Å². The lowest BCUT2D eigenvalue weighted by Crippen LogP contribution is -2.20. The second kappa shape index (κ2) is 4.47. The first-order chi connectivity index (χ1) is 6.91. The molecule has 0 spiro atoms. The summed E-state index contributed by atoms with van der Waals surface area (Å²) in [5.74, 6) is 0. The van der Waals surface area contributed by atoms with E-state index in [1.165, 1.54) is 0 Å². The smallest absolute Gasteiger partial charge is 0.277 e. The van der Waals surface area contributed by atoms with Gasteiger partial charge in [0.1, 0.15) is 5.71 Å². The predicted molar refractivity (Wildman–Crippen MR) is 54.0 cm³/mol. The van der Waals surface area contributed by atoms with Crippen LogP contribution in [0.2, 0.25) is 0 Å². The highest BCUT2D eigenvalue weighted by molar-refractivity contribution is 5.87. The van der Waals surface area contributed by atoms with E-state index < -0.39 is 17.9 Å². The summed E-state index contributed by atoms with van der Waals surface area (Å²) in [5.41, 5.74) is -0.0139. The van der Waals surface area contributed by atoms with E-state index in [4.69, 9.17) is 0 Å². The van der Waals surface area contributed by atoms with Crippen molar-refractivity contribution < 1.29 is 13.2 Å². The molecule has 15 heavy (non-hydrogen) atoms. The van der Waals surface area contributed by atoms with Gasteiger partial charge in [-0.15, -0.1) is 0 Å². The average Bonchev–Trinajstić information content (AvgIpc) is 2.17. The van der Waals surface area contributed by atoms with Gasteiger partial charge in [-0.25, -0.2) is 0 Å². The maximum Gasteiger partial charge on any atom is 0.428 e. The van der Waals surface area contributed by atoms with Crippen LogP contribution >= 0.6 is 0 Å². The molecule has 1 rings (SSSR count). The van der Waals surface area contributed by atoms with Crippen LogP contribution in [0.3, 0.4) is 0 Å². The molecule has 82 valence electrons. The number of alkyl halides is 3. The van der Waals surface area contributed by atoms with Crippen LogP contribution in [0.5, 0.6) is 0 Å². The molecule has 0 aliphatic heterocycles. The van der Waals surface area contributed by atoms with Gasteiger partial charge in [0, 0.05) is 0 Å². The number of rotatable bonds is 2. The molecule has 1 aromatic rings. The highest BCUT2D eigenvalue weighted by Gasteiger charge is 2.32. The number of halogens is 3. The lowest BCUT2D eigenvalue weighted by molar-refractivity contribution is -0.0595. The first-order valence-corrected chi connectivity index (χ1v) is 4.58. The highest BCUT2D eigenvalue weighted by Crippen LogP contribution is 2.22. The zero-order valence-corrected chi connectivity index (χ0v) is 8.55. The van der Waals surface area contributed by atoms with Gasteiger partial charge < -0.3 is 0 Å². The summed E-state index contributed by atoms with van der Waals surface area (Å²) in [6.07, 6.45) is -4.33. The second-order valence-corrected chi connectivity index (χ2v) is 3.30. The summed E-state index contributed by atoms with van der Waals surface area (Å²) in [7, 11) is 0. The van der Waals surface area contributed by atoms with Crippen LogP contribution in [0, 0.1) is 0 Å². The fourth-order valence-corrected chi connectivity index (χ4v) is 1.17.